The molecule has 1 aromatic carbocycles. The summed E-state index contributed by atoms with van der Waals surface area (Å²) in [5.74, 6) is 3.21. The second kappa shape index (κ2) is 7.12. The zero-order valence-electron chi connectivity index (χ0n) is 11.3. The molecule has 0 aliphatic heterocycles. The van der Waals surface area contributed by atoms with Crippen LogP contribution >= 0.6 is 0 Å². The van der Waals surface area contributed by atoms with Crippen molar-refractivity contribution < 1.29 is 14.3 Å². The SMILES string of the molecule is C#CCNC(=O)c1cc(C=CC)c(OC)c(OC)c1. The zero-order valence-corrected chi connectivity index (χ0v) is 11.3. The van der Waals surface area contributed by atoms with E-state index in [4.69, 9.17) is 15.9 Å². The largest absolute Gasteiger partial charge is 0.493 e. The Balaban J connectivity index is 3.24. The van der Waals surface area contributed by atoms with Crippen molar-refractivity contribution in [1.29, 1.82) is 0 Å². The van der Waals surface area contributed by atoms with Gasteiger partial charge in [-0.3, -0.25) is 4.79 Å². The molecule has 0 saturated heterocycles. The Morgan fingerprint density at radius 2 is 2.16 bits per heavy atom. The molecule has 0 fully saturated rings. The van der Waals surface area contributed by atoms with Crippen molar-refractivity contribution in [3.8, 4) is 23.8 Å². The number of nitrogens with one attached hydrogen (secondary N) is 1. The molecule has 0 bridgehead atoms. The van der Waals surface area contributed by atoms with Crippen molar-refractivity contribution in [3.63, 3.8) is 0 Å². The van der Waals surface area contributed by atoms with Gasteiger partial charge >= 0.3 is 0 Å². The van der Waals surface area contributed by atoms with Crippen molar-refractivity contribution in [1.82, 2.24) is 5.32 Å². The topological polar surface area (TPSA) is 47.6 Å². The summed E-state index contributed by atoms with van der Waals surface area (Å²) in [6.07, 6.45) is 8.82. The number of hydrogen-bond donors (Lipinski definition) is 1. The molecule has 1 aromatic rings. The summed E-state index contributed by atoms with van der Waals surface area (Å²) in [6, 6.07) is 3.35. The monoisotopic (exact) mass is 259 g/mol. The number of amides is 1. The molecular formula is C15H17NO3. The Morgan fingerprint density at radius 1 is 1.42 bits per heavy atom. The number of rotatable bonds is 5. The van der Waals surface area contributed by atoms with Crippen LogP contribution in [0.4, 0.5) is 0 Å². The number of terminal acetylenes is 1. The minimum Gasteiger partial charge on any atom is -0.493 e. The molecule has 0 heterocycles. The van der Waals surface area contributed by atoms with Crippen LogP contribution in [-0.2, 0) is 0 Å². The maximum atomic E-state index is 11.9. The van der Waals surface area contributed by atoms with Crippen LogP contribution in [0.2, 0.25) is 0 Å². The highest BCUT2D eigenvalue weighted by Crippen LogP contribution is 2.33. The van der Waals surface area contributed by atoms with E-state index in [2.05, 4.69) is 11.2 Å². The highest BCUT2D eigenvalue weighted by molar-refractivity contribution is 5.96. The van der Waals surface area contributed by atoms with E-state index in [1.807, 2.05) is 19.1 Å². The molecule has 4 heteroatoms. The van der Waals surface area contributed by atoms with Gasteiger partial charge in [-0.25, -0.2) is 0 Å². The third-order valence-electron chi connectivity index (χ3n) is 2.47. The van der Waals surface area contributed by atoms with Gasteiger partial charge in [0.15, 0.2) is 11.5 Å². The molecule has 100 valence electrons. The maximum absolute atomic E-state index is 11.9. The smallest absolute Gasteiger partial charge is 0.252 e. The maximum Gasteiger partial charge on any atom is 0.252 e. The normalized spacial score (nSPS) is 10.0. The molecule has 0 aromatic heterocycles. The summed E-state index contributed by atoms with van der Waals surface area (Å²) in [7, 11) is 3.09. The van der Waals surface area contributed by atoms with E-state index >= 15 is 0 Å². The van der Waals surface area contributed by atoms with E-state index in [-0.39, 0.29) is 12.5 Å². The summed E-state index contributed by atoms with van der Waals surface area (Å²) in [5, 5.41) is 2.61. The third-order valence-corrected chi connectivity index (χ3v) is 2.47. The molecule has 1 rings (SSSR count). The zero-order chi connectivity index (χ0) is 14.3. The molecule has 0 aliphatic carbocycles. The number of allylic oxidation sites excluding steroid dienone is 1. The predicted octanol–water partition coefficient (Wildman–Crippen LogP) is 2.10. The minimum atomic E-state index is -0.246. The molecule has 0 aliphatic rings. The first-order valence-electron chi connectivity index (χ1n) is 5.78. The molecule has 0 atom stereocenters. The molecular weight excluding hydrogens is 242 g/mol. The third kappa shape index (κ3) is 3.52. The summed E-state index contributed by atoms with van der Waals surface area (Å²) in [6.45, 7) is 2.07. The molecule has 0 saturated carbocycles. The van der Waals surface area contributed by atoms with E-state index in [1.54, 1.807) is 19.2 Å². The van der Waals surface area contributed by atoms with Gasteiger partial charge in [-0.05, 0) is 19.1 Å². The lowest BCUT2D eigenvalue weighted by molar-refractivity contribution is 0.0958. The molecule has 1 amide bonds. The van der Waals surface area contributed by atoms with Crippen molar-refractivity contribution in [2.75, 3.05) is 20.8 Å². The van der Waals surface area contributed by atoms with Crippen LogP contribution in [0.15, 0.2) is 18.2 Å². The summed E-state index contributed by atoms with van der Waals surface area (Å²) in [4.78, 5) is 11.9. The van der Waals surface area contributed by atoms with Gasteiger partial charge in [0.05, 0.1) is 20.8 Å². The van der Waals surface area contributed by atoms with E-state index in [0.717, 1.165) is 5.56 Å². The van der Waals surface area contributed by atoms with Crippen molar-refractivity contribution >= 4 is 12.0 Å². The second-order valence-electron chi connectivity index (χ2n) is 3.69. The molecule has 0 spiro atoms. The Kier molecular flexibility index (Phi) is 5.49. The molecule has 19 heavy (non-hydrogen) atoms. The lowest BCUT2D eigenvalue weighted by atomic mass is 10.1. The van der Waals surface area contributed by atoms with Crippen molar-refractivity contribution in [2.24, 2.45) is 0 Å². The van der Waals surface area contributed by atoms with Gasteiger partial charge in [-0.15, -0.1) is 6.42 Å². The first-order valence-corrected chi connectivity index (χ1v) is 5.78. The lowest BCUT2D eigenvalue weighted by Crippen LogP contribution is -2.23. The fourth-order valence-corrected chi connectivity index (χ4v) is 1.66. The Bertz CT molecular complexity index is 527. The summed E-state index contributed by atoms with van der Waals surface area (Å²) < 4.78 is 10.5. The number of benzene rings is 1. The van der Waals surface area contributed by atoms with E-state index in [1.165, 1.54) is 7.11 Å². The predicted molar refractivity (Wildman–Crippen MR) is 75.4 cm³/mol. The highest BCUT2D eigenvalue weighted by Gasteiger charge is 2.14. The molecule has 0 unspecified atom stereocenters. The highest BCUT2D eigenvalue weighted by atomic mass is 16.5. The average Bonchev–Trinajstić information content (AvgIpc) is 2.44. The van der Waals surface area contributed by atoms with Crippen molar-refractivity contribution in [3.05, 3.63) is 29.3 Å². The first kappa shape index (κ1) is 14.7. The lowest BCUT2D eigenvalue weighted by Gasteiger charge is -2.13. The van der Waals surface area contributed by atoms with E-state index in [9.17, 15) is 4.79 Å². The van der Waals surface area contributed by atoms with Gasteiger partial charge in [0, 0.05) is 11.1 Å². The van der Waals surface area contributed by atoms with Gasteiger partial charge in [-0.2, -0.15) is 0 Å². The van der Waals surface area contributed by atoms with E-state index < -0.39 is 0 Å². The average molecular weight is 259 g/mol. The molecule has 1 N–H and O–H groups in total. The van der Waals surface area contributed by atoms with Crippen LogP contribution in [0.5, 0.6) is 11.5 Å². The standard InChI is InChI=1S/C15H17NO3/c1-5-7-11-9-12(15(17)16-8-6-2)10-13(18-3)14(11)19-4/h2,5,7,9-10H,8H2,1,3-4H3,(H,16,17). The van der Waals surface area contributed by atoms with Crippen LogP contribution in [0, 0.1) is 12.3 Å². The van der Waals surface area contributed by atoms with Crippen LogP contribution in [-0.4, -0.2) is 26.7 Å². The number of carbonyl (C=O) groups excluding carboxylic acids is 1. The van der Waals surface area contributed by atoms with Gasteiger partial charge in [0.1, 0.15) is 0 Å². The van der Waals surface area contributed by atoms with Gasteiger partial charge < -0.3 is 14.8 Å². The molecule has 0 radical (unpaired) electrons. The second-order valence-corrected chi connectivity index (χ2v) is 3.69. The Labute approximate surface area is 113 Å². The van der Waals surface area contributed by atoms with Gasteiger partial charge in [-0.1, -0.05) is 18.1 Å². The summed E-state index contributed by atoms with van der Waals surface area (Å²) in [5.41, 5.74) is 1.25. The Morgan fingerprint density at radius 3 is 2.68 bits per heavy atom. The quantitative estimate of drug-likeness (QED) is 0.824. The van der Waals surface area contributed by atoms with Crippen LogP contribution in [0.1, 0.15) is 22.8 Å². The number of hydrogen-bond acceptors (Lipinski definition) is 3. The van der Waals surface area contributed by atoms with Crippen molar-refractivity contribution in [2.45, 2.75) is 6.92 Å². The van der Waals surface area contributed by atoms with Crippen LogP contribution in [0.3, 0.4) is 0 Å². The Hall–Kier alpha value is -2.41. The minimum absolute atomic E-state index is 0.187. The van der Waals surface area contributed by atoms with Crippen LogP contribution < -0.4 is 14.8 Å². The van der Waals surface area contributed by atoms with Crippen LogP contribution in [0.25, 0.3) is 6.08 Å². The number of methoxy groups -OCH3 is 2. The van der Waals surface area contributed by atoms with Gasteiger partial charge in [0.25, 0.3) is 5.91 Å². The molecule has 4 nitrogen and oxygen atoms in total. The first-order chi connectivity index (χ1) is 9.17. The fraction of sp³-hybridized carbons (Fsp3) is 0.267. The number of carbonyl (C=O) groups is 1. The fourth-order valence-electron chi connectivity index (χ4n) is 1.66. The van der Waals surface area contributed by atoms with E-state index in [0.29, 0.717) is 17.1 Å². The van der Waals surface area contributed by atoms with Gasteiger partial charge in [0.2, 0.25) is 0 Å². The number of ether oxygens (including phenoxy) is 2. The summed E-state index contributed by atoms with van der Waals surface area (Å²) >= 11 is 0.